The number of halogens is 2. The molecule has 134 valence electrons. The average molecular weight is 398 g/mol. The van der Waals surface area contributed by atoms with Gasteiger partial charge in [0.25, 0.3) is 5.91 Å². The normalized spacial score (nSPS) is 15.6. The van der Waals surface area contributed by atoms with Gasteiger partial charge in [0.15, 0.2) is 0 Å². The summed E-state index contributed by atoms with van der Waals surface area (Å²) in [7, 11) is 0. The zero-order chi connectivity index (χ0) is 17.8. The van der Waals surface area contributed by atoms with E-state index in [2.05, 4.69) is 4.98 Å². The lowest BCUT2D eigenvalue weighted by atomic mass is 9.90. The zero-order valence-corrected chi connectivity index (χ0v) is 16.2. The third-order valence-corrected chi connectivity index (χ3v) is 6.06. The van der Waals surface area contributed by atoms with E-state index in [1.807, 2.05) is 22.4 Å². The van der Waals surface area contributed by atoms with E-state index in [1.165, 1.54) is 11.3 Å². The van der Waals surface area contributed by atoms with Crippen LogP contribution in [0.15, 0.2) is 23.6 Å². The highest BCUT2D eigenvalue weighted by molar-refractivity contribution is 7.09. The topological polar surface area (TPSA) is 59.2 Å². The van der Waals surface area contributed by atoms with Crippen molar-refractivity contribution >= 4 is 40.4 Å². The van der Waals surface area contributed by atoms with Crippen molar-refractivity contribution in [2.45, 2.75) is 25.7 Å². The largest absolute Gasteiger partial charge is 0.337 e. The number of carbonyl (C=O) groups is 1. The molecule has 0 atom stereocenters. The van der Waals surface area contributed by atoms with Crippen molar-refractivity contribution in [3.05, 3.63) is 49.9 Å². The molecular weight excluding hydrogens is 377 g/mol. The highest BCUT2D eigenvalue weighted by Crippen LogP contribution is 2.28. The Labute approximate surface area is 161 Å². The molecule has 0 bridgehead atoms. The van der Waals surface area contributed by atoms with Gasteiger partial charge in [-0.05, 0) is 55.5 Å². The van der Waals surface area contributed by atoms with Gasteiger partial charge in [-0.1, -0.05) is 23.2 Å². The molecule has 2 N–H and O–H groups in total. The van der Waals surface area contributed by atoms with Crippen LogP contribution in [-0.2, 0) is 12.8 Å². The molecule has 3 rings (SSSR count). The molecule has 0 saturated carbocycles. The van der Waals surface area contributed by atoms with E-state index in [-0.39, 0.29) is 5.91 Å². The third kappa shape index (κ3) is 4.73. The summed E-state index contributed by atoms with van der Waals surface area (Å²) in [5, 5.41) is 4.24. The number of amides is 1. The van der Waals surface area contributed by atoms with Gasteiger partial charge in [0.1, 0.15) is 5.69 Å². The number of likely N-dealkylation sites (tertiary alicyclic amines) is 1. The first-order valence-electron chi connectivity index (χ1n) is 8.44. The summed E-state index contributed by atoms with van der Waals surface area (Å²) in [6.07, 6.45) is 3.56. The van der Waals surface area contributed by atoms with Crippen LogP contribution in [0.4, 0.5) is 0 Å². The van der Waals surface area contributed by atoms with Crippen molar-refractivity contribution in [3.63, 3.8) is 0 Å². The van der Waals surface area contributed by atoms with E-state index in [0.29, 0.717) is 23.2 Å². The molecule has 0 unspecified atom stereocenters. The first kappa shape index (κ1) is 18.6. The number of hydrogen-bond donors (Lipinski definition) is 1. The van der Waals surface area contributed by atoms with E-state index < -0.39 is 0 Å². The molecule has 1 aliphatic rings. The summed E-state index contributed by atoms with van der Waals surface area (Å²) in [5.41, 5.74) is 7.17. The van der Waals surface area contributed by atoms with Crippen molar-refractivity contribution in [1.82, 2.24) is 9.88 Å². The maximum Gasteiger partial charge on any atom is 0.273 e. The molecule has 0 aliphatic carbocycles. The van der Waals surface area contributed by atoms with Crippen LogP contribution in [-0.4, -0.2) is 35.4 Å². The van der Waals surface area contributed by atoms with E-state index in [4.69, 9.17) is 28.9 Å². The predicted octanol–water partition coefficient (Wildman–Crippen LogP) is 4.05. The number of piperidine rings is 1. The molecule has 4 nitrogen and oxygen atoms in total. The monoisotopic (exact) mass is 397 g/mol. The van der Waals surface area contributed by atoms with Crippen molar-refractivity contribution < 1.29 is 4.79 Å². The first-order valence-corrected chi connectivity index (χ1v) is 10.1. The molecule has 25 heavy (non-hydrogen) atoms. The number of benzene rings is 1. The molecular formula is C18H21Cl2N3OS. The average Bonchev–Trinajstić information content (AvgIpc) is 3.07. The van der Waals surface area contributed by atoms with Crippen LogP contribution in [0, 0.1) is 5.92 Å². The number of carbonyl (C=O) groups excluding carboxylic acids is 1. The van der Waals surface area contributed by atoms with Crippen LogP contribution in [0.3, 0.4) is 0 Å². The zero-order valence-electron chi connectivity index (χ0n) is 13.9. The third-order valence-electron chi connectivity index (χ3n) is 4.55. The van der Waals surface area contributed by atoms with Gasteiger partial charge >= 0.3 is 0 Å². The van der Waals surface area contributed by atoms with Crippen molar-refractivity contribution in [1.29, 1.82) is 0 Å². The lowest BCUT2D eigenvalue weighted by molar-refractivity contribution is 0.0685. The van der Waals surface area contributed by atoms with Gasteiger partial charge in [-0.2, -0.15) is 0 Å². The summed E-state index contributed by atoms with van der Waals surface area (Å²) < 4.78 is 0. The smallest absolute Gasteiger partial charge is 0.273 e. The van der Waals surface area contributed by atoms with Gasteiger partial charge < -0.3 is 10.6 Å². The van der Waals surface area contributed by atoms with Crippen molar-refractivity contribution in [3.8, 4) is 0 Å². The van der Waals surface area contributed by atoms with Crippen LogP contribution < -0.4 is 5.73 Å². The molecule has 1 fully saturated rings. The van der Waals surface area contributed by atoms with E-state index >= 15 is 0 Å². The summed E-state index contributed by atoms with van der Waals surface area (Å²) in [6.45, 7) is 2.06. The Morgan fingerprint density at radius 3 is 2.80 bits per heavy atom. The second kappa shape index (κ2) is 8.49. The highest BCUT2D eigenvalue weighted by atomic mass is 35.5. The van der Waals surface area contributed by atoms with Crippen LogP contribution in [0.1, 0.15) is 33.9 Å². The van der Waals surface area contributed by atoms with Gasteiger partial charge in [0.2, 0.25) is 0 Å². The number of rotatable bonds is 5. The van der Waals surface area contributed by atoms with Crippen molar-refractivity contribution in [2.75, 3.05) is 19.6 Å². The van der Waals surface area contributed by atoms with Gasteiger partial charge in [-0.25, -0.2) is 4.98 Å². The fourth-order valence-electron chi connectivity index (χ4n) is 3.16. The second-order valence-electron chi connectivity index (χ2n) is 6.34. The first-order chi connectivity index (χ1) is 12.1. The predicted molar refractivity (Wildman–Crippen MR) is 104 cm³/mol. The van der Waals surface area contributed by atoms with Gasteiger partial charge in [0, 0.05) is 34.9 Å². The fourth-order valence-corrected chi connectivity index (χ4v) is 4.34. The quantitative estimate of drug-likeness (QED) is 0.827. The Morgan fingerprint density at radius 2 is 2.08 bits per heavy atom. The van der Waals surface area contributed by atoms with Crippen LogP contribution in [0.5, 0.6) is 0 Å². The maximum absolute atomic E-state index is 12.6. The maximum atomic E-state index is 12.6. The Bertz CT molecular complexity index is 742. The number of hydrogen-bond acceptors (Lipinski definition) is 4. The van der Waals surface area contributed by atoms with Gasteiger partial charge in [-0.15, -0.1) is 11.3 Å². The standard InChI is InChI=1S/C18H21Cl2N3OS/c19-14-1-2-15(20)13(10-14)9-12-4-7-23(8-5-12)18(24)16-11-25-17(22-16)3-6-21/h1-2,10-12H,3-9,21H2. The van der Waals surface area contributed by atoms with E-state index in [9.17, 15) is 4.79 Å². The minimum Gasteiger partial charge on any atom is -0.337 e. The molecule has 1 amide bonds. The summed E-state index contributed by atoms with van der Waals surface area (Å²) >= 11 is 13.8. The molecule has 0 spiro atoms. The SMILES string of the molecule is NCCc1nc(C(=O)N2CCC(Cc3cc(Cl)ccc3Cl)CC2)cs1. The van der Waals surface area contributed by atoms with E-state index in [1.54, 1.807) is 6.07 Å². The highest BCUT2D eigenvalue weighted by Gasteiger charge is 2.25. The molecule has 7 heteroatoms. The van der Waals surface area contributed by atoms with Gasteiger partial charge in [-0.3, -0.25) is 4.79 Å². The number of aromatic nitrogens is 1. The minimum absolute atomic E-state index is 0.0266. The van der Waals surface area contributed by atoms with Crippen LogP contribution in [0.25, 0.3) is 0 Å². The summed E-state index contributed by atoms with van der Waals surface area (Å²) in [4.78, 5) is 18.9. The fraction of sp³-hybridized carbons (Fsp3) is 0.444. The Balaban J connectivity index is 1.56. The van der Waals surface area contributed by atoms with Crippen LogP contribution in [0.2, 0.25) is 10.0 Å². The van der Waals surface area contributed by atoms with Crippen LogP contribution >= 0.6 is 34.5 Å². The summed E-state index contributed by atoms with van der Waals surface area (Å²) in [5.74, 6) is 0.544. The Kier molecular flexibility index (Phi) is 6.34. The lowest BCUT2D eigenvalue weighted by Gasteiger charge is -2.31. The molecule has 1 aliphatic heterocycles. The molecule has 2 heterocycles. The second-order valence-corrected chi connectivity index (χ2v) is 8.13. The van der Waals surface area contributed by atoms with E-state index in [0.717, 1.165) is 54.4 Å². The molecule has 1 saturated heterocycles. The molecule has 2 aromatic rings. The number of thiazole rings is 1. The Hall–Kier alpha value is -1.14. The lowest BCUT2D eigenvalue weighted by Crippen LogP contribution is -2.39. The van der Waals surface area contributed by atoms with Crippen molar-refractivity contribution in [2.24, 2.45) is 11.7 Å². The Morgan fingerprint density at radius 1 is 1.32 bits per heavy atom. The molecule has 1 aromatic heterocycles. The number of nitrogens with zero attached hydrogens (tertiary/aromatic N) is 2. The number of nitrogens with two attached hydrogens (primary N) is 1. The van der Waals surface area contributed by atoms with Gasteiger partial charge in [0.05, 0.1) is 5.01 Å². The molecule has 1 aromatic carbocycles. The minimum atomic E-state index is 0.0266. The molecule has 0 radical (unpaired) electrons. The summed E-state index contributed by atoms with van der Waals surface area (Å²) in [6, 6.07) is 5.59.